The number of aromatic hydroxyl groups is 1. The maximum Gasteiger partial charge on any atom is 0.235 e. The van der Waals surface area contributed by atoms with E-state index in [2.05, 4.69) is 11.9 Å². The van der Waals surface area contributed by atoms with Crippen LogP contribution in [-0.2, 0) is 21.2 Å². The zero-order valence-electron chi connectivity index (χ0n) is 14.2. The highest BCUT2D eigenvalue weighted by atomic mass is 35.5. The summed E-state index contributed by atoms with van der Waals surface area (Å²) in [6, 6.07) is 2.92. The number of sulfonamides is 1. The maximum atomic E-state index is 12.0. The van der Waals surface area contributed by atoms with Crippen molar-refractivity contribution >= 4 is 39.1 Å². The molecule has 2 N–H and O–H groups in total. The van der Waals surface area contributed by atoms with Gasteiger partial charge in [-0.2, -0.15) is 4.31 Å². The molecule has 1 fully saturated rings. The van der Waals surface area contributed by atoms with Crippen molar-refractivity contribution in [3.63, 3.8) is 0 Å². The smallest absolute Gasteiger partial charge is 0.235 e. The highest BCUT2D eigenvalue weighted by Crippen LogP contribution is 2.30. The predicted octanol–water partition coefficient (Wildman–Crippen LogP) is 2.93. The van der Waals surface area contributed by atoms with Crippen LogP contribution in [0.25, 0.3) is 0 Å². The van der Waals surface area contributed by atoms with Gasteiger partial charge in [0.1, 0.15) is 5.75 Å². The van der Waals surface area contributed by atoms with E-state index in [9.17, 15) is 18.3 Å². The first-order valence-electron chi connectivity index (χ1n) is 8.29. The van der Waals surface area contributed by atoms with Crippen molar-refractivity contribution in [3.8, 4) is 5.75 Å². The highest BCUT2D eigenvalue weighted by molar-refractivity contribution is 7.92. The van der Waals surface area contributed by atoms with E-state index in [4.69, 9.17) is 23.2 Å². The van der Waals surface area contributed by atoms with E-state index in [1.807, 2.05) is 0 Å². The fourth-order valence-electron chi connectivity index (χ4n) is 2.85. The third-order valence-corrected chi connectivity index (χ3v) is 6.70. The third-order valence-electron chi connectivity index (χ3n) is 4.47. The van der Waals surface area contributed by atoms with Gasteiger partial charge in [-0.05, 0) is 36.8 Å². The minimum Gasteiger partial charge on any atom is -0.508 e. The molecular formula is C17H22Cl2N2O4S. The Morgan fingerprint density at radius 3 is 2.54 bits per heavy atom. The number of amides is 1. The Labute approximate surface area is 163 Å². The molecule has 0 bridgehead atoms. The highest BCUT2D eigenvalue weighted by Gasteiger charge is 2.26. The number of rotatable bonds is 7. The van der Waals surface area contributed by atoms with Crippen LogP contribution < -0.4 is 5.32 Å². The van der Waals surface area contributed by atoms with Gasteiger partial charge in [0.25, 0.3) is 0 Å². The van der Waals surface area contributed by atoms with Crippen LogP contribution in [0.15, 0.2) is 24.1 Å². The summed E-state index contributed by atoms with van der Waals surface area (Å²) in [5.74, 6) is 0.133. The zero-order valence-corrected chi connectivity index (χ0v) is 16.6. The molecule has 26 heavy (non-hydrogen) atoms. The van der Waals surface area contributed by atoms with E-state index < -0.39 is 10.0 Å². The normalized spacial score (nSPS) is 16.4. The molecule has 0 aromatic heterocycles. The Morgan fingerprint density at radius 1 is 1.31 bits per heavy atom. The van der Waals surface area contributed by atoms with Crippen molar-refractivity contribution in [2.75, 3.05) is 19.6 Å². The average Bonchev–Trinajstić information content (AvgIpc) is 2.62. The summed E-state index contributed by atoms with van der Waals surface area (Å²) in [7, 11) is -3.36. The second-order valence-corrected chi connectivity index (χ2v) is 8.95. The molecule has 2 rings (SSSR count). The number of nitrogens with zero attached hydrogens (tertiary/aromatic N) is 1. The van der Waals surface area contributed by atoms with Crippen molar-refractivity contribution in [1.29, 1.82) is 0 Å². The Hall–Kier alpha value is -1.28. The summed E-state index contributed by atoms with van der Waals surface area (Å²) in [5.41, 5.74) is 0.567. The monoisotopic (exact) mass is 420 g/mol. The molecule has 1 amide bonds. The number of halogens is 2. The minimum absolute atomic E-state index is 0.0167. The molecule has 0 spiro atoms. The molecule has 9 heteroatoms. The van der Waals surface area contributed by atoms with Gasteiger partial charge in [0.05, 0.1) is 10.0 Å². The van der Waals surface area contributed by atoms with Gasteiger partial charge in [0, 0.05) is 37.5 Å². The maximum absolute atomic E-state index is 12.0. The van der Waals surface area contributed by atoms with Crippen LogP contribution in [0, 0.1) is 5.92 Å². The first-order chi connectivity index (χ1) is 12.2. The number of piperidine rings is 1. The number of hydrogen-bond donors (Lipinski definition) is 2. The number of aryl methyl sites for hydroxylation is 1. The second kappa shape index (κ2) is 9.08. The van der Waals surface area contributed by atoms with Gasteiger partial charge in [-0.3, -0.25) is 4.79 Å². The van der Waals surface area contributed by atoms with Crippen LogP contribution in [-0.4, -0.2) is 43.4 Å². The lowest BCUT2D eigenvalue weighted by atomic mass is 9.98. The molecule has 0 aliphatic carbocycles. The van der Waals surface area contributed by atoms with Crippen molar-refractivity contribution < 1.29 is 18.3 Å². The molecule has 6 nitrogen and oxygen atoms in total. The second-order valence-electron chi connectivity index (χ2n) is 6.25. The van der Waals surface area contributed by atoms with E-state index in [-0.39, 0.29) is 29.0 Å². The van der Waals surface area contributed by atoms with Gasteiger partial charge in [-0.25, -0.2) is 8.42 Å². The van der Waals surface area contributed by atoms with Gasteiger partial charge in [-0.1, -0.05) is 29.8 Å². The first kappa shape index (κ1) is 21.0. The third kappa shape index (κ3) is 5.61. The number of carbonyl (C=O) groups is 1. The summed E-state index contributed by atoms with van der Waals surface area (Å²) in [5, 5.41) is 14.3. The van der Waals surface area contributed by atoms with E-state index in [0.29, 0.717) is 49.5 Å². The van der Waals surface area contributed by atoms with Gasteiger partial charge in [0.15, 0.2) is 0 Å². The molecule has 1 heterocycles. The molecule has 144 valence electrons. The van der Waals surface area contributed by atoms with Crippen LogP contribution in [0.5, 0.6) is 5.75 Å². The fourth-order valence-corrected chi connectivity index (χ4v) is 4.12. The molecule has 1 saturated heterocycles. The van der Waals surface area contributed by atoms with E-state index in [0.717, 1.165) is 5.41 Å². The van der Waals surface area contributed by atoms with Crippen LogP contribution in [0.2, 0.25) is 10.0 Å². The SMILES string of the molecule is C=CS(=O)(=O)N1CCC(CNC(=O)CCc2cc(Cl)c(Cl)cc2O)CC1. The largest absolute Gasteiger partial charge is 0.508 e. The van der Waals surface area contributed by atoms with Crippen molar-refractivity contribution in [3.05, 3.63) is 39.7 Å². The molecular weight excluding hydrogens is 399 g/mol. The first-order valence-corrected chi connectivity index (χ1v) is 10.5. The van der Waals surface area contributed by atoms with Gasteiger partial charge in [0.2, 0.25) is 15.9 Å². The summed E-state index contributed by atoms with van der Waals surface area (Å²) in [6.07, 6.45) is 1.96. The summed E-state index contributed by atoms with van der Waals surface area (Å²) in [4.78, 5) is 12.0. The minimum atomic E-state index is -3.36. The topological polar surface area (TPSA) is 86.7 Å². The van der Waals surface area contributed by atoms with Gasteiger partial charge >= 0.3 is 0 Å². The number of phenols is 1. The fraction of sp³-hybridized carbons (Fsp3) is 0.471. The number of nitrogens with one attached hydrogen (secondary N) is 1. The lowest BCUT2D eigenvalue weighted by molar-refractivity contribution is -0.121. The van der Waals surface area contributed by atoms with Gasteiger partial charge in [-0.15, -0.1) is 0 Å². The Kier molecular flexibility index (Phi) is 7.34. The number of carbonyl (C=O) groups excluding carboxylic acids is 1. The molecule has 0 unspecified atom stereocenters. The number of hydrogen-bond acceptors (Lipinski definition) is 4. The molecule has 1 aliphatic rings. The Morgan fingerprint density at radius 2 is 1.92 bits per heavy atom. The van der Waals surface area contributed by atoms with E-state index >= 15 is 0 Å². The number of benzene rings is 1. The Bertz CT molecular complexity index is 775. The van der Waals surface area contributed by atoms with Crippen LogP contribution >= 0.6 is 23.2 Å². The molecule has 1 aliphatic heterocycles. The lowest BCUT2D eigenvalue weighted by Gasteiger charge is -2.30. The summed E-state index contributed by atoms with van der Waals surface area (Å²) < 4.78 is 24.8. The van der Waals surface area contributed by atoms with Crippen LogP contribution in [0.3, 0.4) is 0 Å². The quantitative estimate of drug-likeness (QED) is 0.709. The van der Waals surface area contributed by atoms with Crippen molar-refractivity contribution in [2.24, 2.45) is 5.92 Å². The van der Waals surface area contributed by atoms with Gasteiger partial charge < -0.3 is 10.4 Å². The van der Waals surface area contributed by atoms with E-state index in [1.165, 1.54) is 10.4 Å². The molecule has 1 aromatic carbocycles. The van der Waals surface area contributed by atoms with Crippen LogP contribution in [0.4, 0.5) is 0 Å². The molecule has 0 atom stereocenters. The summed E-state index contributed by atoms with van der Waals surface area (Å²) in [6.45, 7) is 4.71. The van der Waals surface area contributed by atoms with E-state index in [1.54, 1.807) is 6.07 Å². The lowest BCUT2D eigenvalue weighted by Crippen LogP contribution is -2.40. The molecule has 1 aromatic rings. The van der Waals surface area contributed by atoms with Crippen LogP contribution in [0.1, 0.15) is 24.8 Å². The van der Waals surface area contributed by atoms with Crippen molar-refractivity contribution in [1.82, 2.24) is 9.62 Å². The molecule has 0 radical (unpaired) electrons. The predicted molar refractivity (Wildman–Crippen MR) is 103 cm³/mol. The number of phenolic OH excluding ortho intramolecular Hbond substituents is 1. The van der Waals surface area contributed by atoms with Crippen molar-refractivity contribution in [2.45, 2.75) is 25.7 Å². The standard InChI is InChI=1S/C17H22Cl2N2O4S/c1-2-26(24,25)21-7-5-12(6-8-21)11-20-17(23)4-3-13-9-14(18)15(19)10-16(13)22/h2,9-10,12,22H,1,3-8,11H2,(H,20,23). The average molecular weight is 421 g/mol. The Balaban J connectivity index is 1.75. The molecule has 0 saturated carbocycles. The zero-order chi connectivity index (χ0) is 19.3. The summed E-state index contributed by atoms with van der Waals surface area (Å²) >= 11 is 11.7.